The lowest BCUT2D eigenvalue weighted by Gasteiger charge is -2.09. The maximum Gasteiger partial charge on any atom is 0.339 e. The Balaban J connectivity index is 1.67. The van der Waals surface area contributed by atoms with Crippen LogP contribution < -0.4 is 10.7 Å². The molecule has 2 N–H and O–H groups in total. The maximum absolute atomic E-state index is 12.1. The number of aromatic nitrogens is 1. The molecule has 0 aliphatic carbocycles. The molecule has 0 saturated heterocycles. The minimum Gasteiger partial charge on any atom is -0.316 e. The summed E-state index contributed by atoms with van der Waals surface area (Å²) in [5.41, 5.74) is 7.30. The van der Waals surface area contributed by atoms with Gasteiger partial charge in [0, 0.05) is 22.0 Å². The number of carbonyl (C=O) groups is 1. The molecule has 0 saturated carbocycles. The van der Waals surface area contributed by atoms with Gasteiger partial charge >= 0.3 is 6.03 Å². The SMILES string of the molecule is Cc1cccc(NC(=O)N/N=C/c2cccn2-c2cccc(Br)c2)c1C. The standard InChI is InChI=1S/C20H19BrN4O/c1-14-6-3-10-19(15(14)2)23-20(26)24-22-13-18-9-5-11-25(18)17-8-4-7-16(21)12-17/h3-13H,1-2H3,(H2,23,24,26)/b22-13+. The summed E-state index contributed by atoms with van der Waals surface area (Å²) >= 11 is 3.47. The van der Waals surface area contributed by atoms with Gasteiger partial charge in [-0.1, -0.05) is 34.1 Å². The van der Waals surface area contributed by atoms with Crippen LogP contribution in [0.4, 0.5) is 10.5 Å². The molecule has 1 heterocycles. The van der Waals surface area contributed by atoms with Crippen molar-refractivity contribution < 1.29 is 4.79 Å². The molecule has 0 unspecified atom stereocenters. The van der Waals surface area contributed by atoms with Crippen molar-refractivity contribution in [3.05, 3.63) is 82.1 Å². The second-order valence-corrected chi connectivity index (χ2v) is 6.77. The molecule has 5 nitrogen and oxygen atoms in total. The van der Waals surface area contributed by atoms with Crippen molar-refractivity contribution in [2.24, 2.45) is 5.10 Å². The predicted molar refractivity (Wildman–Crippen MR) is 109 cm³/mol. The number of hydrogen-bond acceptors (Lipinski definition) is 2. The number of urea groups is 1. The number of hydrogen-bond donors (Lipinski definition) is 2. The Morgan fingerprint density at radius 3 is 2.73 bits per heavy atom. The summed E-state index contributed by atoms with van der Waals surface area (Å²) in [5.74, 6) is 0. The van der Waals surface area contributed by atoms with E-state index in [9.17, 15) is 4.79 Å². The van der Waals surface area contributed by atoms with Gasteiger partial charge in [-0.25, -0.2) is 10.2 Å². The highest BCUT2D eigenvalue weighted by Gasteiger charge is 2.05. The number of nitrogens with zero attached hydrogens (tertiary/aromatic N) is 2. The lowest BCUT2D eigenvalue weighted by Crippen LogP contribution is -2.24. The first-order valence-corrected chi connectivity index (χ1v) is 8.93. The third-order valence-electron chi connectivity index (χ3n) is 4.08. The zero-order valence-corrected chi connectivity index (χ0v) is 16.1. The second-order valence-electron chi connectivity index (χ2n) is 5.85. The Bertz CT molecular complexity index is 962. The van der Waals surface area contributed by atoms with E-state index >= 15 is 0 Å². The van der Waals surface area contributed by atoms with Gasteiger partial charge in [-0.3, -0.25) is 0 Å². The van der Waals surface area contributed by atoms with E-state index in [1.807, 2.05) is 79.2 Å². The van der Waals surface area contributed by atoms with Crippen molar-refractivity contribution in [3.8, 4) is 5.69 Å². The largest absolute Gasteiger partial charge is 0.339 e. The van der Waals surface area contributed by atoms with Crippen LogP contribution in [0.1, 0.15) is 16.8 Å². The number of anilines is 1. The molecule has 0 fully saturated rings. The van der Waals surface area contributed by atoms with Crippen molar-refractivity contribution in [2.75, 3.05) is 5.32 Å². The van der Waals surface area contributed by atoms with Crippen LogP contribution in [-0.4, -0.2) is 16.8 Å². The van der Waals surface area contributed by atoms with Crippen molar-refractivity contribution >= 4 is 33.9 Å². The fraction of sp³-hybridized carbons (Fsp3) is 0.100. The van der Waals surface area contributed by atoms with Gasteiger partial charge < -0.3 is 9.88 Å². The molecule has 2 aromatic carbocycles. The highest BCUT2D eigenvalue weighted by atomic mass is 79.9. The molecular weight excluding hydrogens is 392 g/mol. The molecule has 1 aromatic heterocycles. The first-order chi connectivity index (χ1) is 12.5. The number of rotatable bonds is 4. The molecule has 6 heteroatoms. The van der Waals surface area contributed by atoms with E-state index in [4.69, 9.17) is 0 Å². The minimum atomic E-state index is -0.379. The van der Waals surface area contributed by atoms with E-state index < -0.39 is 0 Å². The summed E-state index contributed by atoms with van der Waals surface area (Å²) in [7, 11) is 0. The maximum atomic E-state index is 12.1. The molecule has 3 aromatic rings. The summed E-state index contributed by atoms with van der Waals surface area (Å²) in [6, 6.07) is 17.2. The van der Waals surface area contributed by atoms with Crippen LogP contribution in [0.2, 0.25) is 0 Å². The highest BCUT2D eigenvalue weighted by molar-refractivity contribution is 9.10. The quantitative estimate of drug-likeness (QED) is 0.460. The third-order valence-corrected chi connectivity index (χ3v) is 4.58. The summed E-state index contributed by atoms with van der Waals surface area (Å²) < 4.78 is 2.98. The average molecular weight is 411 g/mol. The molecule has 0 atom stereocenters. The third kappa shape index (κ3) is 4.21. The van der Waals surface area contributed by atoms with E-state index in [2.05, 4.69) is 31.8 Å². The van der Waals surface area contributed by atoms with Crippen LogP contribution in [0, 0.1) is 13.8 Å². The van der Waals surface area contributed by atoms with Crippen LogP contribution in [-0.2, 0) is 0 Å². The molecule has 26 heavy (non-hydrogen) atoms. The Morgan fingerprint density at radius 1 is 1.12 bits per heavy atom. The fourth-order valence-electron chi connectivity index (χ4n) is 2.55. The number of nitrogens with one attached hydrogen (secondary N) is 2. The molecule has 2 amide bonds. The van der Waals surface area contributed by atoms with Crippen LogP contribution in [0.3, 0.4) is 0 Å². The monoisotopic (exact) mass is 410 g/mol. The lowest BCUT2D eigenvalue weighted by molar-refractivity contribution is 0.252. The summed E-state index contributed by atoms with van der Waals surface area (Å²) in [4.78, 5) is 12.1. The zero-order chi connectivity index (χ0) is 18.5. The van der Waals surface area contributed by atoms with Gasteiger partial charge in [0.1, 0.15) is 0 Å². The summed E-state index contributed by atoms with van der Waals surface area (Å²) in [6.45, 7) is 3.98. The smallest absolute Gasteiger partial charge is 0.316 e. The number of hydrazone groups is 1. The molecule has 0 radical (unpaired) electrons. The molecule has 3 rings (SSSR count). The fourth-order valence-corrected chi connectivity index (χ4v) is 2.94. The van der Waals surface area contributed by atoms with Crippen LogP contribution in [0.5, 0.6) is 0 Å². The van der Waals surface area contributed by atoms with E-state index in [0.29, 0.717) is 0 Å². The Labute approximate surface area is 160 Å². The number of carbonyl (C=O) groups excluding carboxylic acids is 1. The summed E-state index contributed by atoms with van der Waals surface area (Å²) in [5, 5.41) is 6.86. The normalized spacial score (nSPS) is 10.9. The Kier molecular flexibility index (Phi) is 5.53. The number of halogens is 1. The average Bonchev–Trinajstić information content (AvgIpc) is 3.07. The summed E-state index contributed by atoms with van der Waals surface area (Å²) in [6.07, 6.45) is 3.56. The lowest BCUT2D eigenvalue weighted by atomic mass is 10.1. The second kappa shape index (κ2) is 8.01. The van der Waals surface area contributed by atoms with Crippen molar-refractivity contribution in [2.45, 2.75) is 13.8 Å². The van der Waals surface area contributed by atoms with Crippen molar-refractivity contribution in [3.63, 3.8) is 0 Å². The molecular formula is C20H19BrN4O. The first kappa shape index (κ1) is 17.9. The van der Waals surface area contributed by atoms with Gasteiger partial charge in [0.05, 0.1) is 11.9 Å². The topological polar surface area (TPSA) is 58.4 Å². The highest BCUT2D eigenvalue weighted by Crippen LogP contribution is 2.18. The van der Waals surface area contributed by atoms with E-state index in [-0.39, 0.29) is 6.03 Å². The van der Waals surface area contributed by atoms with Gasteiger partial charge in [-0.2, -0.15) is 5.10 Å². The van der Waals surface area contributed by atoms with Gasteiger partial charge in [0.2, 0.25) is 0 Å². The predicted octanol–water partition coefficient (Wildman–Crippen LogP) is 5.01. The van der Waals surface area contributed by atoms with Crippen LogP contribution in [0.25, 0.3) is 5.69 Å². The zero-order valence-electron chi connectivity index (χ0n) is 14.5. The van der Waals surface area contributed by atoms with Gasteiger partial charge in [0.15, 0.2) is 0 Å². The van der Waals surface area contributed by atoms with E-state index in [1.165, 1.54) is 0 Å². The molecule has 0 aliphatic rings. The number of aryl methyl sites for hydroxylation is 1. The Morgan fingerprint density at radius 2 is 1.92 bits per heavy atom. The Hall–Kier alpha value is -2.86. The van der Waals surface area contributed by atoms with Crippen LogP contribution >= 0.6 is 15.9 Å². The van der Waals surface area contributed by atoms with Crippen LogP contribution in [0.15, 0.2) is 70.4 Å². The number of benzene rings is 2. The van der Waals surface area contributed by atoms with Gasteiger partial charge in [-0.05, 0) is 61.4 Å². The molecule has 0 bridgehead atoms. The van der Waals surface area contributed by atoms with E-state index in [1.54, 1.807) is 6.21 Å². The van der Waals surface area contributed by atoms with Gasteiger partial charge in [-0.15, -0.1) is 0 Å². The molecule has 0 spiro atoms. The van der Waals surface area contributed by atoms with Gasteiger partial charge in [0.25, 0.3) is 0 Å². The van der Waals surface area contributed by atoms with Crippen molar-refractivity contribution in [1.82, 2.24) is 9.99 Å². The van der Waals surface area contributed by atoms with E-state index in [0.717, 1.165) is 32.7 Å². The first-order valence-electron chi connectivity index (χ1n) is 8.14. The number of amides is 2. The minimum absolute atomic E-state index is 0.379. The van der Waals surface area contributed by atoms with Crippen molar-refractivity contribution in [1.29, 1.82) is 0 Å². The molecule has 0 aliphatic heterocycles. The molecule has 132 valence electrons.